The van der Waals surface area contributed by atoms with E-state index in [0.717, 1.165) is 12.2 Å². The number of carbonyl (C=O) groups excluding carboxylic acids is 2. The highest BCUT2D eigenvalue weighted by Crippen LogP contribution is 2.62. The minimum Gasteiger partial charge on any atom is -0.369 e. The molecule has 2 N–H and O–H groups in total. The van der Waals surface area contributed by atoms with Gasteiger partial charge in [-0.25, -0.2) is 9.97 Å². The molecule has 6 nitrogen and oxygen atoms in total. The highest BCUT2D eigenvalue weighted by molar-refractivity contribution is 5.95. The Labute approximate surface area is 136 Å². The van der Waals surface area contributed by atoms with E-state index in [4.69, 9.17) is 5.73 Å². The summed E-state index contributed by atoms with van der Waals surface area (Å²) in [6.45, 7) is 9.25. The van der Waals surface area contributed by atoms with Crippen LogP contribution in [0.1, 0.15) is 56.2 Å². The average molecular weight is 316 g/mol. The molecule has 0 unspecified atom stereocenters. The lowest BCUT2D eigenvalue weighted by atomic mass is 9.48. The molecule has 23 heavy (non-hydrogen) atoms. The average Bonchev–Trinajstić information content (AvgIpc) is 2.83. The Morgan fingerprint density at radius 2 is 1.91 bits per heavy atom. The van der Waals surface area contributed by atoms with Crippen molar-refractivity contribution >= 4 is 11.8 Å². The van der Waals surface area contributed by atoms with Crippen molar-refractivity contribution in [1.29, 1.82) is 0 Å². The minimum absolute atomic E-state index is 0.0437. The lowest BCUT2D eigenvalue weighted by molar-refractivity contribution is -0.148. The minimum atomic E-state index is -0.558. The number of fused-ring (bicyclic) bond motifs is 1. The highest BCUT2D eigenvalue weighted by Gasteiger charge is 2.66. The summed E-state index contributed by atoms with van der Waals surface area (Å²) in [5, 5.41) is 0. The van der Waals surface area contributed by atoms with E-state index in [0.29, 0.717) is 18.7 Å². The summed E-state index contributed by atoms with van der Waals surface area (Å²) in [4.78, 5) is 34.9. The molecule has 1 aromatic heterocycles. The predicted octanol–water partition coefficient (Wildman–Crippen LogP) is 1.57. The second kappa shape index (κ2) is 5.01. The third-order valence-corrected chi connectivity index (χ3v) is 5.47. The van der Waals surface area contributed by atoms with Gasteiger partial charge in [0.15, 0.2) is 0 Å². The quantitative estimate of drug-likeness (QED) is 0.916. The molecule has 3 rings (SSSR count). The molecule has 2 atom stereocenters. The molecule has 0 spiro atoms. The number of likely N-dealkylation sites (tertiary alicyclic amines) is 1. The Morgan fingerprint density at radius 1 is 1.30 bits per heavy atom. The maximum atomic E-state index is 12.7. The highest BCUT2D eigenvalue weighted by atomic mass is 16.2. The van der Waals surface area contributed by atoms with E-state index < -0.39 is 5.41 Å². The number of primary amides is 1. The van der Waals surface area contributed by atoms with Gasteiger partial charge in [-0.1, -0.05) is 27.7 Å². The molecule has 2 fully saturated rings. The fourth-order valence-electron chi connectivity index (χ4n) is 4.31. The molecule has 1 aliphatic carbocycles. The van der Waals surface area contributed by atoms with Crippen molar-refractivity contribution in [3.05, 3.63) is 23.8 Å². The van der Waals surface area contributed by atoms with Gasteiger partial charge in [0.25, 0.3) is 5.91 Å². The summed E-state index contributed by atoms with van der Waals surface area (Å²) in [5.74, 6) is 0.667. The van der Waals surface area contributed by atoms with E-state index >= 15 is 0 Å². The molecule has 2 amide bonds. The first kappa shape index (κ1) is 15.9. The second-order valence-electron chi connectivity index (χ2n) is 7.91. The first-order valence-corrected chi connectivity index (χ1v) is 8.08. The van der Waals surface area contributed by atoms with Crippen LogP contribution in [0.5, 0.6) is 0 Å². The van der Waals surface area contributed by atoms with Crippen LogP contribution in [-0.2, 0) is 4.79 Å². The number of hydrogen-bond donors (Lipinski definition) is 1. The first-order chi connectivity index (χ1) is 10.7. The Kier molecular flexibility index (Phi) is 3.46. The predicted molar refractivity (Wildman–Crippen MR) is 85.5 cm³/mol. The van der Waals surface area contributed by atoms with Gasteiger partial charge in [-0.15, -0.1) is 0 Å². The molecule has 2 aliphatic rings. The van der Waals surface area contributed by atoms with Crippen molar-refractivity contribution in [2.24, 2.45) is 22.5 Å². The maximum absolute atomic E-state index is 12.7. The van der Waals surface area contributed by atoms with Crippen molar-refractivity contribution < 1.29 is 9.59 Å². The Bertz CT molecular complexity index is 653. The number of amides is 2. The van der Waals surface area contributed by atoms with Crippen LogP contribution in [0, 0.1) is 16.7 Å². The van der Waals surface area contributed by atoms with Crippen molar-refractivity contribution in [3.8, 4) is 0 Å². The molecular formula is C17H24N4O2. The van der Waals surface area contributed by atoms with Crippen molar-refractivity contribution in [3.63, 3.8) is 0 Å². The van der Waals surface area contributed by atoms with Gasteiger partial charge in [0, 0.05) is 31.4 Å². The van der Waals surface area contributed by atoms with Gasteiger partial charge in [-0.2, -0.15) is 0 Å². The van der Waals surface area contributed by atoms with E-state index in [1.54, 1.807) is 17.3 Å². The van der Waals surface area contributed by atoms with Crippen molar-refractivity contribution in [2.75, 3.05) is 13.1 Å². The van der Waals surface area contributed by atoms with Crippen LogP contribution < -0.4 is 5.73 Å². The lowest BCUT2D eigenvalue weighted by Crippen LogP contribution is -2.59. The van der Waals surface area contributed by atoms with E-state index in [2.05, 4.69) is 23.8 Å². The van der Waals surface area contributed by atoms with Crippen LogP contribution in [0.4, 0.5) is 0 Å². The van der Waals surface area contributed by atoms with Crippen LogP contribution >= 0.6 is 0 Å². The standard InChI is InChI=1S/C17H24N4O2/c1-10(2)13-19-5-11(6-20-13)14(22)21-7-12-16(3,4)8-17(12,9-21)15(18)23/h5-6,10,12H,7-9H2,1-4H3,(H2,18,23)/t12-,17+/m1/s1. The third-order valence-electron chi connectivity index (χ3n) is 5.47. The molecule has 124 valence electrons. The summed E-state index contributed by atoms with van der Waals surface area (Å²) in [7, 11) is 0. The molecule has 0 bridgehead atoms. The lowest BCUT2D eigenvalue weighted by Gasteiger charge is -2.54. The maximum Gasteiger partial charge on any atom is 0.257 e. The number of rotatable bonds is 3. The van der Waals surface area contributed by atoms with Gasteiger partial charge in [-0.05, 0) is 17.8 Å². The number of hydrogen-bond acceptors (Lipinski definition) is 4. The fraction of sp³-hybridized carbons (Fsp3) is 0.647. The number of aromatic nitrogens is 2. The third kappa shape index (κ3) is 2.31. The van der Waals surface area contributed by atoms with Gasteiger partial charge in [0.05, 0.1) is 11.0 Å². The molecular weight excluding hydrogens is 292 g/mol. The summed E-state index contributed by atoms with van der Waals surface area (Å²) < 4.78 is 0. The van der Waals surface area contributed by atoms with E-state index in [1.807, 2.05) is 13.8 Å². The SMILES string of the molecule is CC(C)c1ncc(C(=O)N2C[C@@H]3C(C)(C)C[C@]3(C(N)=O)C2)cn1. The summed E-state index contributed by atoms with van der Waals surface area (Å²) in [5.41, 5.74) is 5.60. The van der Waals surface area contributed by atoms with Crippen LogP contribution in [0.3, 0.4) is 0 Å². The number of nitrogens with zero attached hydrogens (tertiary/aromatic N) is 3. The molecule has 1 aliphatic heterocycles. The molecule has 1 aromatic rings. The van der Waals surface area contributed by atoms with Crippen molar-refractivity contribution in [1.82, 2.24) is 14.9 Å². The normalized spacial score (nSPS) is 28.4. The van der Waals surface area contributed by atoms with Crippen molar-refractivity contribution in [2.45, 2.75) is 40.0 Å². The Balaban J connectivity index is 1.80. The van der Waals surface area contributed by atoms with Crippen LogP contribution in [0.15, 0.2) is 12.4 Å². The van der Waals surface area contributed by atoms with Crippen LogP contribution in [0.25, 0.3) is 0 Å². The topological polar surface area (TPSA) is 89.2 Å². The zero-order valence-electron chi connectivity index (χ0n) is 14.2. The van der Waals surface area contributed by atoms with E-state index in [-0.39, 0.29) is 29.1 Å². The number of nitrogens with two attached hydrogens (primary N) is 1. The Hall–Kier alpha value is -1.98. The molecule has 1 saturated heterocycles. The smallest absolute Gasteiger partial charge is 0.257 e. The summed E-state index contributed by atoms with van der Waals surface area (Å²) in [6.07, 6.45) is 3.90. The monoisotopic (exact) mass is 316 g/mol. The Morgan fingerprint density at radius 3 is 2.35 bits per heavy atom. The van der Waals surface area contributed by atoms with Gasteiger partial charge in [0.2, 0.25) is 5.91 Å². The molecule has 0 aromatic carbocycles. The number of carbonyl (C=O) groups is 2. The van der Waals surface area contributed by atoms with Gasteiger partial charge >= 0.3 is 0 Å². The van der Waals surface area contributed by atoms with Gasteiger partial charge in [0.1, 0.15) is 5.82 Å². The molecule has 2 heterocycles. The fourth-order valence-corrected chi connectivity index (χ4v) is 4.31. The van der Waals surface area contributed by atoms with Gasteiger partial charge in [-0.3, -0.25) is 9.59 Å². The summed E-state index contributed by atoms with van der Waals surface area (Å²) in [6, 6.07) is 0. The molecule has 1 saturated carbocycles. The second-order valence-corrected chi connectivity index (χ2v) is 7.91. The molecule has 0 radical (unpaired) electrons. The first-order valence-electron chi connectivity index (χ1n) is 8.08. The van der Waals surface area contributed by atoms with Crippen LogP contribution in [-0.4, -0.2) is 39.8 Å². The van der Waals surface area contributed by atoms with E-state index in [9.17, 15) is 9.59 Å². The summed E-state index contributed by atoms with van der Waals surface area (Å²) >= 11 is 0. The van der Waals surface area contributed by atoms with Crippen LogP contribution in [0.2, 0.25) is 0 Å². The zero-order valence-corrected chi connectivity index (χ0v) is 14.2. The van der Waals surface area contributed by atoms with Gasteiger partial charge < -0.3 is 10.6 Å². The molecule has 6 heteroatoms. The zero-order chi connectivity index (χ0) is 17.0. The van der Waals surface area contributed by atoms with E-state index in [1.165, 1.54) is 0 Å². The largest absolute Gasteiger partial charge is 0.369 e.